The molecule has 1 aromatic heterocycles. The minimum Gasteiger partial charge on any atom is -0.508 e. The summed E-state index contributed by atoms with van der Waals surface area (Å²) in [6, 6.07) is 18.8. The molecule has 8 rings (SSSR count). The molecular weight excluding hydrogens is 763 g/mol. The van der Waals surface area contributed by atoms with Gasteiger partial charge in [-0.2, -0.15) is 18.2 Å². The Morgan fingerprint density at radius 2 is 1.62 bits per heavy atom. The fourth-order valence-electron chi connectivity index (χ4n) is 8.94. The molecule has 0 bridgehead atoms. The van der Waals surface area contributed by atoms with Gasteiger partial charge in [0.1, 0.15) is 5.75 Å². The normalized spacial score (nSPS) is 26.1. The smallest absolute Gasteiger partial charge is 0.488 e. The number of fused-ring (bicyclic) bond motifs is 4. The molecule has 17 heteroatoms. The zero-order valence-corrected chi connectivity index (χ0v) is 29.8. The molecule has 0 radical (unpaired) electrons. The molecule has 3 fully saturated rings. The molecule has 0 spiro atoms. The summed E-state index contributed by atoms with van der Waals surface area (Å²) in [5.74, 6) is -8.10. The van der Waals surface area contributed by atoms with Crippen molar-refractivity contribution >= 4 is 70.9 Å². The van der Waals surface area contributed by atoms with Crippen molar-refractivity contribution in [2.24, 2.45) is 23.7 Å². The fourth-order valence-corrected chi connectivity index (χ4v) is 9.28. The number of alkyl halides is 3. The van der Waals surface area contributed by atoms with E-state index in [0.717, 1.165) is 4.90 Å². The molecule has 4 N–H and O–H groups in total. The van der Waals surface area contributed by atoms with Crippen LogP contribution in [-0.4, -0.2) is 55.9 Å². The third-order valence-corrected chi connectivity index (χ3v) is 11.7. The van der Waals surface area contributed by atoms with Crippen molar-refractivity contribution in [2.75, 3.05) is 10.3 Å². The van der Waals surface area contributed by atoms with E-state index in [9.17, 15) is 42.7 Å². The van der Waals surface area contributed by atoms with Crippen molar-refractivity contribution in [2.45, 2.75) is 30.4 Å². The molecule has 1 saturated carbocycles. The number of aromatic hydroxyl groups is 1. The molecular formula is C38H28BCl2F3N4O7. The lowest BCUT2D eigenvalue weighted by Crippen LogP contribution is -2.53. The van der Waals surface area contributed by atoms with E-state index in [1.54, 1.807) is 42.5 Å². The van der Waals surface area contributed by atoms with Crippen molar-refractivity contribution < 1.29 is 47.5 Å². The molecule has 4 aromatic rings. The summed E-state index contributed by atoms with van der Waals surface area (Å²) in [6.07, 6.45) is -2.47. The maximum absolute atomic E-state index is 15.2. The van der Waals surface area contributed by atoms with Gasteiger partial charge >= 0.3 is 13.3 Å². The molecule has 2 aliphatic heterocycles. The summed E-state index contributed by atoms with van der Waals surface area (Å²) in [5, 5.41) is 30.8. The average molecular weight is 791 g/mol. The van der Waals surface area contributed by atoms with Crippen LogP contribution in [0.4, 0.5) is 24.7 Å². The van der Waals surface area contributed by atoms with Gasteiger partial charge in [-0.05, 0) is 77.8 Å². The SMILES string of the molecule is O=C1C2CC3C(=CCC4C(=O)N(c5cccc(B(O)O)c5)C(=O)C43)C(c3cccc(O)c3)C2(c2ccc(Cl)cc2)C(=O)N1Nc1ncc(C(F)(F)F)cc1Cl. The number of halogens is 5. The number of imide groups is 2. The first-order valence-electron chi connectivity index (χ1n) is 17.1. The van der Waals surface area contributed by atoms with Crippen LogP contribution in [-0.2, 0) is 30.8 Å². The van der Waals surface area contributed by atoms with Crippen molar-refractivity contribution in [3.63, 3.8) is 0 Å². The molecule has 6 unspecified atom stereocenters. The topological polar surface area (TPSA) is 160 Å². The van der Waals surface area contributed by atoms with E-state index in [4.69, 9.17) is 23.2 Å². The third kappa shape index (κ3) is 5.71. The van der Waals surface area contributed by atoms with E-state index < -0.39 is 88.3 Å². The van der Waals surface area contributed by atoms with Crippen LogP contribution >= 0.6 is 23.2 Å². The quantitative estimate of drug-likeness (QED) is 0.120. The van der Waals surface area contributed by atoms with E-state index >= 15 is 4.79 Å². The number of carbonyl (C=O) groups excluding carboxylic acids is 4. The van der Waals surface area contributed by atoms with Gasteiger partial charge in [-0.25, -0.2) is 4.98 Å². The second kappa shape index (κ2) is 13.2. The number of phenolic OH excluding ortho intramolecular Hbond substituents is 1. The summed E-state index contributed by atoms with van der Waals surface area (Å²) in [6.45, 7) is 0. The highest BCUT2D eigenvalue weighted by Crippen LogP contribution is 2.64. The highest BCUT2D eigenvalue weighted by atomic mass is 35.5. The molecule has 2 aliphatic carbocycles. The van der Waals surface area contributed by atoms with Crippen LogP contribution in [0.5, 0.6) is 5.75 Å². The summed E-state index contributed by atoms with van der Waals surface area (Å²) < 4.78 is 40.4. The average Bonchev–Trinajstić information content (AvgIpc) is 3.52. The Labute approximate surface area is 321 Å². The summed E-state index contributed by atoms with van der Waals surface area (Å²) >= 11 is 12.5. The Kier molecular flexibility index (Phi) is 8.83. The Morgan fingerprint density at radius 1 is 0.891 bits per heavy atom. The fraction of sp³-hybridized carbons (Fsp3) is 0.237. The first kappa shape index (κ1) is 36.7. The molecule has 55 heavy (non-hydrogen) atoms. The number of hydrogen-bond donors (Lipinski definition) is 4. The number of nitrogens with one attached hydrogen (secondary N) is 1. The number of nitrogens with zero attached hydrogens (tertiary/aromatic N) is 3. The molecule has 3 aromatic carbocycles. The van der Waals surface area contributed by atoms with Crippen LogP contribution in [0.25, 0.3) is 0 Å². The molecule has 6 atom stereocenters. The van der Waals surface area contributed by atoms with E-state index in [1.165, 1.54) is 36.4 Å². The predicted octanol–water partition coefficient (Wildman–Crippen LogP) is 4.98. The van der Waals surface area contributed by atoms with Gasteiger partial charge in [0, 0.05) is 17.1 Å². The maximum atomic E-state index is 15.2. The number of anilines is 2. The Hall–Kier alpha value is -5.22. The van der Waals surface area contributed by atoms with Gasteiger partial charge in [0.15, 0.2) is 5.82 Å². The summed E-state index contributed by atoms with van der Waals surface area (Å²) in [5.41, 5.74) is 1.22. The Balaban J connectivity index is 1.29. The van der Waals surface area contributed by atoms with Gasteiger partial charge in [-0.3, -0.25) is 29.5 Å². The van der Waals surface area contributed by atoms with Crippen LogP contribution in [0.2, 0.25) is 10.0 Å². The molecule has 2 saturated heterocycles. The lowest BCUT2D eigenvalue weighted by Gasteiger charge is -2.50. The Morgan fingerprint density at radius 3 is 2.29 bits per heavy atom. The first-order valence-corrected chi connectivity index (χ1v) is 17.8. The number of hydrogen-bond acceptors (Lipinski definition) is 9. The van der Waals surface area contributed by atoms with Crippen LogP contribution in [0.3, 0.4) is 0 Å². The highest BCUT2D eigenvalue weighted by Gasteiger charge is 2.70. The minimum absolute atomic E-state index is 0.0615. The van der Waals surface area contributed by atoms with Gasteiger partial charge in [-0.15, -0.1) is 0 Å². The van der Waals surface area contributed by atoms with Crippen LogP contribution < -0.4 is 15.8 Å². The number of carbonyl (C=O) groups is 4. The third-order valence-electron chi connectivity index (χ3n) is 11.2. The summed E-state index contributed by atoms with van der Waals surface area (Å²) in [4.78, 5) is 63.3. The molecule has 4 amide bonds. The van der Waals surface area contributed by atoms with Gasteiger partial charge < -0.3 is 15.2 Å². The van der Waals surface area contributed by atoms with E-state index in [2.05, 4.69) is 10.4 Å². The second-order valence-electron chi connectivity index (χ2n) is 14.0. The number of amides is 4. The molecule has 4 aliphatic rings. The number of aromatic nitrogens is 1. The standard InChI is InChI=1S/C38H28BCl2F3N4O7/c40-22-9-7-19(8-10-22)37-28(34(51)48(36(37)53)46-32-29(41)14-20(17-45-32)38(42,43)44)16-27-25(31(37)18-3-1-6-24(49)13-18)11-12-26-30(27)35(52)47(33(26)50)23-5-2-4-21(15-23)39(54)55/h1-11,13-15,17,26-28,30-31,49,54-55H,12,16H2,(H,45,46). The lowest BCUT2D eigenvalue weighted by molar-refractivity contribution is -0.139. The molecule has 3 heterocycles. The number of allylic oxidation sites excluding steroid dienone is 2. The van der Waals surface area contributed by atoms with Crippen LogP contribution in [0.1, 0.15) is 35.4 Å². The van der Waals surface area contributed by atoms with Gasteiger partial charge in [0.2, 0.25) is 11.8 Å². The molecule has 280 valence electrons. The number of benzene rings is 3. The van der Waals surface area contributed by atoms with Crippen LogP contribution in [0, 0.1) is 23.7 Å². The highest BCUT2D eigenvalue weighted by molar-refractivity contribution is 6.58. The zero-order chi connectivity index (χ0) is 39.1. The number of rotatable bonds is 6. The largest absolute Gasteiger partial charge is 0.508 e. The summed E-state index contributed by atoms with van der Waals surface area (Å²) in [7, 11) is -1.86. The Bertz CT molecular complexity index is 2330. The van der Waals surface area contributed by atoms with Crippen molar-refractivity contribution in [1.82, 2.24) is 9.99 Å². The second-order valence-corrected chi connectivity index (χ2v) is 14.8. The number of pyridine rings is 1. The van der Waals surface area contributed by atoms with E-state index in [1.807, 2.05) is 0 Å². The van der Waals surface area contributed by atoms with Crippen molar-refractivity contribution in [3.05, 3.63) is 123 Å². The van der Waals surface area contributed by atoms with E-state index in [-0.39, 0.29) is 29.7 Å². The monoisotopic (exact) mass is 790 g/mol. The first-order chi connectivity index (χ1) is 26.1. The van der Waals surface area contributed by atoms with Crippen molar-refractivity contribution in [3.8, 4) is 5.75 Å². The van der Waals surface area contributed by atoms with Gasteiger partial charge in [-0.1, -0.05) is 71.2 Å². The number of hydrazine groups is 1. The van der Waals surface area contributed by atoms with Crippen LogP contribution in [0.15, 0.2) is 96.7 Å². The van der Waals surface area contributed by atoms with Gasteiger partial charge in [0.05, 0.1) is 39.4 Å². The predicted molar refractivity (Wildman–Crippen MR) is 194 cm³/mol. The lowest BCUT2D eigenvalue weighted by atomic mass is 9.49. The molecule has 11 nitrogen and oxygen atoms in total. The van der Waals surface area contributed by atoms with Crippen molar-refractivity contribution in [1.29, 1.82) is 0 Å². The zero-order valence-electron chi connectivity index (χ0n) is 28.2. The minimum atomic E-state index is -4.77. The maximum Gasteiger partial charge on any atom is 0.488 e. The van der Waals surface area contributed by atoms with E-state index in [0.29, 0.717) is 39.0 Å². The van der Waals surface area contributed by atoms with Gasteiger partial charge in [0.25, 0.3) is 11.8 Å². The number of phenols is 1.